The molecule has 0 spiro atoms. The normalized spacial score (nSPS) is 10.2. The molecule has 0 radical (unpaired) electrons. The third-order valence-corrected chi connectivity index (χ3v) is 2.45. The zero-order chi connectivity index (χ0) is 10.0. The van der Waals surface area contributed by atoms with Crippen LogP contribution < -0.4 is 0 Å². The molecule has 1 heterocycles. The molecular formula is C8H5BrF2N2. The van der Waals surface area contributed by atoms with Crippen LogP contribution in [0.4, 0.5) is 8.78 Å². The lowest BCUT2D eigenvalue weighted by Crippen LogP contribution is -1.98. The number of rotatable bonds is 1. The van der Waals surface area contributed by atoms with Gasteiger partial charge in [0, 0.05) is 10.7 Å². The fraction of sp³-hybridized carbons (Fsp3) is 0.250. The van der Waals surface area contributed by atoms with Crippen molar-refractivity contribution in [3.05, 3.63) is 27.5 Å². The fourth-order valence-electron chi connectivity index (χ4n) is 0.950. The molecule has 5 heteroatoms. The lowest BCUT2D eigenvalue weighted by Gasteiger charge is -2.06. The van der Waals surface area contributed by atoms with Gasteiger partial charge in [0.1, 0.15) is 11.8 Å². The first-order chi connectivity index (χ1) is 6.07. The largest absolute Gasteiger partial charge is 0.266 e. The molecule has 0 saturated carbocycles. The summed E-state index contributed by atoms with van der Waals surface area (Å²) in [7, 11) is 0. The number of halogens is 3. The Morgan fingerprint density at radius 2 is 2.23 bits per heavy atom. The molecule has 0 aliphatic rings. The Morgan fingerprint density at radius 3 is 2.69 bits per heavy atom. The van der Waals surface area contributed by atoms with E-state index < -0.39 is 6.43 Å². The molecule has 0 aliphatic heterocycles. The number of aromatic nitrogens is 1. The van der Waals surface area contributed by atoms with Gasteiger partial charge in [-0.3, -0.25) is 0 Å². The van der Waals surface area contributed by atoms with E-state index in [2.05, 4.69) is 20.9 Å². The average Bonchev–Trinajstić information content (AvgIpc) is 2.08. The Labute approximate surface area is 82.3 Å². The molecule has 0 atom stereocenters. The van der Waals surface area contributed by atoms with Crippen molar-refractivity contribution in [2.75, 3.05) is 0 Å². The van der Waals surface area contributed by atoms with E-state index in [9.17, 15) is 8.78 Å². The molecule has 0 N–H and O–H groups in total. The second-order valence-corrected chi connectivity index (χ2v) is 3.26. The Morgan fingerprint density at radius 1 is 1.62 bits per heavy atom. The van der Waals surface area contributed by atoms with E-state index in [1.54, 1.807) is 6.07 Å². The van der Waals surface area contributed by atoms with Crippen molar-refractivity contribution in [3.63, 3.8) is 0 Å². The van der Waals surface area contributed by atoms with Gasteiger partial charge in [-0.2, -0.15) is 5.26 Å². The predicted octanol–water partition coefficient (Wildman–Crippen LogP) is 2.96. The van der Waals surface area contributed by atoms with Crippen LogP contribution >= 0.6 is 15.9 Å². The van der Waals surface area contributed by atoms with Crippen LogP contribution in [-0.2, 0) is 0 Å². The third-order valence-electron chi connectivity index (χ3n) is 1.65. The summed E-state index contributed by atoms with van der Waals surface area (Å²) < 4.78 is 25.4. The van der Waals surface area contributed by atoms with Gasteiger partial charge in [0.2, 0.25) is 0 Å². The molecule has 0 aliphatic carbocycles. The molecule has 13 heavy (non-hydrogen) atoms. The topological polar surface area (TPSA) is 36.7 Å². The lowest BCUT2D eigenvalue weighted by molar-refractivity contribution is 0.149. The first kappa shape index (κ1) is 10.1. The summed E-state index contributed by atoms with van der Waals surface area (Å²) in [6.07, 6.45) is -1.32. The molecule has 1 aromatic rings. The van der Waals surface area contributed by atoms with Crippen LogP contribution in [-0.4, -0.2) is 4.98 Å². The van der Waals surface area contributed by atoms with Crippen molar-refractivity contribution in [1.29, 1.82) is 5.26 Å². The van der Waals surface area contributed by atoms with Crippen molar-refractivity contribution >= 4 is 15.9 Å². The maximum atomic E-state index is 12.4. The standard InChI is InChI=1S/C8H5BrF2N2/c1-4-5(9)3-13-6(2-12)7(4)8(10)11/h3,8H,1H3. The minimum Gasteiger partial charge on any atom is -0.244 e. The molecule has 0 aromatic carbocycles. The van der Waals surface area contributed by atoms with Crippen molar-refractivity contribution in [1.82, 2.24) is 4.98 Å². The fourth-order valence-corrected chi connectivity index (χ4v) is 1.27. The van der Waals surface area contributed by atoms with Gasteiger partial charge in [-0.25, -0.2) is 13.8 Å². The summed E-state index contributed by atoms with van der Waals surface area (Å²) in [5.41, 5.74) is -0.144. The molecule has 68 valence electrons. The first-order valence-electron chi connectivity index (χ1n) is 3.41. The maximum absolute atomic E-state index is 12.4. The molecule has 0 saturated heterocycles. The summed E-state index contributed by atoms with van der Waals surface area (Å²) in [4.78, 5) is 3.59. The highest BCUT2D eigenvalue weighted by Crippen LogP contribution is 2.29. The van der Waals surface area contributed by atoms with Gasteiger partial charge in [-0.15, -0.1) is 0 Å². The second kappa shape index (κ2) is 3.79. The van der Waals surface area contributed by atoms with Crippen LogP contribution in [0.2, 0.25) is 0 Å². The highest BCUT2D eigenvalue weighted by molar-refractivity contribution is 9.10. The average molecular weight is 247 g/mol. The molecule has 1 rings (SSSR count). The summed E-state index contributed by atoms with van der Waals surface area (Å²) in [6, 6.07) is 1.63. The van der Waals surface area contributed by atoms with Crippen LogP contribution in [0, 0.1) is 18.3 Å². The van der Waals surface area contributed by atoms with E-state index >= 15 is 0 Å². The van der Waals surface area contributed by atoms with Crippen LogP contribution in [0.1, 0.15) is 23.2 Å². The Balaban J connectivity index is 3.43. The zero-order valence-corrected chi connectivity index (χ0v) is 8.27. The van der Waals surface area contributed by atoms with Gasteiger partial charge in [-0.05, 0) is 28.4 Å². The number of hydrogen-bond donors (Lipinski definition) is 0. The molecule has 0 amide bonds. The number of hydrogen-bond acceptors (Lipinski definition) is 2. The predicted molar refractivity (Wildman–Crippen MR) is 46.3 cm³/mol. The van der Waals surface area contributed by atoms with Gasteiger partial charge < -0.3 is 0 Å². The van der Waals surface area contributed by atoms with Gasteiger partial charge in [-0.1, -0.05) is 0 Å². The summed E-state index contributed by atoms with van der Waals surface area (Å²) >= 11 is 3.07. The Kier molecular flexibility index (Phi) is 2.94. The highest BCUT2D eigenvalue weighted by Gasteiger charge is 2.18. The Hall–Kier alpha value is -1.02. The second-order valence-electron chi connectivity index (χ2n) is 2.41. The quantitative estimate of drug-likeness (QED) is 0.764. The van der Waals surface area contributed by atoms with Gasteiger partial charge in [0.25, 0.3) is 6.43 Å². The van der Waals surface area contributed by atoms with Gasteiger partial charge in [0.15, 0.2) is 0 Å². The Bertz CT molecular complexity index is 371. The molecule has 1 aromatic heterocycles. The maximum Gasteiger partial charge on any atom is 0.266 e. The highest BCUT2D eigenvalue weighted by atomic mass is 79.9. The molecule has 0 fully saturated rings. The van der Waals surface area contributed by atoms with Crippen molar-refractivity contribution in [3.8, 4) is 6.07 Å². The monoisotopic (exact) mass is 246 g/mol. The van der Waals surface area contributed by atoms with E-state index in [4.69, 9.17) is 5.26 Å². The first-order valence-corrected chi connectivity index (χ1v) is 4.20. The van der Waals surface area contributed by atoms with Crippen LogP contribution in [0.25, 0.3) is 0 Å². The summed E-state index contributed by atoms with van der Waals surface area (Å²) in [6.45, 7) is 1.52. The molecular weight excluding hydrogens is 242 g/mol. The van der Waals surface area contributed by atoms with Crippen molar-refractivity contribution in [2.24, 2.45) is 0 Å². The van der Waals surface area contributed by atoms with Gasteiger partial charge in [0.05, 0.1) is 5.56 Å². The molecule has 0 unspecified atom stereocenters. The van der Waals surface area contributed by atoms with E-state index in [0.29, 0.717) is 10.0 Å². The van der Waals surface area contributed by atoms with E-state index in [0.717, 1.165) is 0 Å². The minimum atomic E-state index is -2.67. The van der Waals surface area contributed by atoms with Crippen LogP contribution in [0.3, 0.4) is 0 Å². The van der Waals surface area contributed by atoms with E-state index in [1.807, 2.05) is 0 Å². The van der Waals surface area contributed by atoms with Crippen LogP contribution in [0.15, 0.2) is 10.7 Å². The number of nitrogens with zero attached hydrogens (tertiary/aromatic N) is 2. The SMILES string of the molecule is Cc1c(Br)cnc(C#N)c1C(F)F. The van der Waals surface area contributed by atoms with Crippen molar-refractivity contribution in [2.45, 2.75) is 13.3 Å². The van der Waals surface area contributed by atoms with Crippen molar-refractivity contribution < 1.29 is 8.78 Å². The molecule has 2 nitrogen and oxygen atoms in total. The van der Waals surface area contributed by atoms with Gasteiger partial charge >= 0.3 is 0 Å². The lowest BCUT2D eigenvalue weighted by atomic mass is 10.1. The van der Waals surface area contributed by atoms with E-state index in [1.165, 1.54) is 13.1 Å². The summed E-state index contributed by atoms with van der Waals surface area (Å²) in [5.74, 6) is 0. The third kappa shape index (κ3) is 1.83. The smallest absolute Gasteiger partial charge is 0.244 e. The minimum absolute atomic E-state index is 0.212. The van der Waals surface area contributed by atoms with Crippen LogP contribution in [0.5, 0.6) is 0 Å². The summed E-state index contributed by atoms with van der Waals surface area (Å²) in [5, 5.41) is 8.52. The number of alkyl halides is 2. The van der Waals surface area contributed by atoms with E-state index in [-0.39, 0.29) is 11.3 Å². The number of nitriles is 1. The number of pyridine rings is 1. The molecule has 0 bridgehead atoms. The zero-order valence-electron chi connectivity index (χ0n) is 6.68.